The quantitative estimate of drug-likeness (QED) is 0.214. The highest BCUT2D eigenvalue weighted by atomic mass is 16.3. The summed E-state index contributed by atoms with van der Waals surface area (Å²) in [5.41, 5.74) is 8.52. The second-order valence-electron chi connectivity index (χ2n) is 12.2. The van der Waals surface area contributed by atoms with Crippen molar-refractivity contribution in [1.29, 1.82) is 0 Å². The van der Waals surface area contributed by atoms with E-state index in [0.717, 1.165) is 83.4 Å². The first-order valence-electron chi connectivity index (χ1n) is 16.1. The predicted molar refractivity (Wildman–Crippen MR) is 196 cm³/mol. The van der Waals surface area contributed by atoms with Crippen molar-refractivity contribution in [3.05, 3.63) is 168 Å². The fourth-order valence-electron chi connectivity index (χ4n) is 6.95. The van der Waals surface area contributed by atoms with Crippen molar-refractivity contribution in [1.82, 2.24) is 5.32 Å². The maximum atomic E-state index is 6.51. The van der Waals surface area contributed by atoms with Crippen LogP contribution in [0.1, 0.15) is 22.9 Å². The van der Waals surface area contributed by atoms with Gasteiger partial charge in [0, 0.05) is 38.2 Å². The smallest absolute Gasteiger partial charge is 0.169 e. The zero-order chi connectivity index (χ0) is 31.6. The third kappa shape index (κ3) is 4.32. The zero-order valence-corrected chi connectivity index (χ0v) is 25.7. The first-order valence-corrected chi connectivity index (χ1v) is 16.1. The second-order valence-corrected chi connectivity index (χ2v) is 12.2. The van der Waals surface area contributed by atoms with E-state index >= 15 is 0 Å². The van der Waals surface area contributed by atoms with Crippen LogP contribution < -0.4 is 5.32 Å². The van der Waals surface area contributed by atoms with Crippen LogP contribution in [-0.2, 0) is 0 Å². The number of fused-ring (bicyclic) bond motifs is 7. The number of nitrogens with one attached hydrogen (secondary N) is 1. The Morgan fingerprint density at radius 2 is 1.12 bits per heavy atom. The molecule has 1 atom stereocenters. The summed E-state index contributed by atoms with van der Waals surface area (Å²) >= 11 is 0. The number of hydrogen-bond donors (Lipinski definition) is 1. The zero-order valence-electron chi connectivity index (χ0n) is 25.7. The van der Waals surface area contributed by atoms with Crippen LogP contribution in [0.25, 0.3) is 65.8 Å². The first kappa shape index (κ1) is 26.7. The van der Waals surface area contributed by atoms with Gasteiger partial charge < -0.3 is 14.2 Å². The number of aliphatic imine (C=N–C) groups is 2. The number of nitrogens with zero attached hydrogens (tertiary/aromatic N) is 2. The Labute approximate surface area is 275 Å². The summed E-state index contributed by atoms with van der Waals surface area (Å²) in [6.45, 7) is 0. The van der Waals surface area contributed by atoms with Gasteiger partial charge in [0.1, 0.15) is 34.0 Å². The van der Waals surface area contributed by atoms with Crippen molar-refractivity contribution in [2.75, 3.05) is 0 Å². The van der Waals surface area contributed by atoms with Crippen LogP contribution in [0.2, 0.25) is 0 Å². The number of benzene rings is 7. The Morgan fingerprint density at radius 3 is 2.06 bits per heavy atom. The van der Waals surface area contributed by atoms with Crippen molar-refractivity contribution in [2.45, 2.75) is 6.17 Å². The average molecular weight is 618 g/mol. The van der Waals surface area contributed by atoms with Crippen LogP contribution >= 0.6 is 0 Å². The molecule has 0 amide bonds. The minimum Gasteiger partial charge on any atom is -0.456 e. The van der Waals surface area contributed by atoms with E-state index in [9.17, 15) is 0 Å². The molecule has 0 spiro atoms. The number of furan rings is 2. The van der Waals surface area contributed by atoms with Crippen molar-refractivity contribution in [2.24, 2.45) is 9.98 Å². The largest absolute Gasteiger partial charge is 0.456 e. The SMILES string of the molecule is c1ccc(C2=NC(c3ccc4c(c3)oc3ccccc34)N=C(c3cccc4oc5cc(-c6ccc7ccccc7c6)ccc5c34)N2)cc1. The van der Waals surface area contributed by atoms with E-state index in [-0.39, 0.29) is 0 Å². The highest BCUT2D eigenvalue weighted by molar-refractivity contribution is 6.23. The summed E-state index contributed by atoms with van der Waals surface area (Å²) in [6, 6.07) is 52.3. The van der Waals surface area contributed by atoms with Gasteiger partial charge in [-0.1, -0.05) is 115 Å². The maximum Gasteiger partial charge on any atom is 0.169 e. The molecule has 9 aromatic rings. The van der Waals surface area contributed by atoms with E-state index in [1.807, 2.05) is 48.5 Å². The van der Waals surface area contributed by atoms with Gasteiger partial charge in [-0.25, -0.2) is 9.98 Å². The van der Waals surface area contributed by atoms with Crippen molar-refractivity contribution >= 4 is 66.3 Å². The van der Waals surface area contributed by atoms with Gasteiger partial charge in [-0.2, -0.15) is 0 Å². The molecule has 1 aliphatic heterocycles. The molecule has 1 unspecified atom stereocenters. The highest BCUT2D eigenvalue weighted by Gasteiger charge is 2.24. The Morgan fingerprint density at radius 1 is 0.438 bits per heavy atom. The molecule has 48 heavy (non-hydrogen) atoms. The molecule has 0 saturated carbocycles. The van der Waals surface area contributed by atoms with Gasteiger partial charge in [-0.05, 0) is 58.3 Å². The van der Waals surface area contributed by atoms with Crippen LogP contribution in [0, 0.1) is 0 Å². The highest BCUT2D eigenvalue weighted by Crippen LogP contribution is 2.37. The van der Waals surface area contributed by atoms with E-state index in [0.29, 0.717) is 0 Å². The van der Waals surface area contributed by atoms with Gasteiger partial charge in [-0.3, -0.25) is 0 Å². The minimum absolute atomic E-state index is 0.470. The van der Waals surface area contributed by atoms with Gasteiger partial charge in [-0.15, -0.1) is 0 Å². The van der Waals surface area contributed by atoms with Gasteiger partial charge in [0.15, 0.2) is 6.17 Å². The summed E-state index contributed by atoms with van der Waals surface area (Å²) in [5.74, 6) is 1.50. The molecule has 5 heteroatoms. The summed E-state index contributed by atoms with van der Waals surface area (Å²) < 4.78 is 12.7. The summed E-state index contributed by atoms with van der Waals surface area (Å²) in [4.78, 5) is 10.3. The van der Waals surface area contributed by atoms with Crippen LogP contribution in [0.3, 0.4) is 0 Å². The molecule has 0 saturated heterocycles. The lowest BCUT2D eigenvalue weighted by atomic mass is 9.99. The van der Waals surface area contributed by atoms with Crippen LogP contribution in [0.4, 0.5) is 0 Å². The molecule has 0 fully saturated rings. The summed E-state index contributed by atoms with van der Waals surface area (Å²) in [7, 11) is 0. The lowest BCUT2D eigenvalue weighted by molar-refractivity contribution is 0.665. The summed E-state index contributed by atoms with van der Waals surface area (Å²) in [6.07, 6.45) is -0.470. The van der Waals surface area contributed by atoms with Crippen LogP contribution in [0.5, 0.6) is 0 Å². The molecule has 3 heterocycles. The van der Waals surface area contributed by atoms with E-state index in [1.54, 1.807) is 0 Å². The number of hydrogen-bond acceptors (Lipinski definition) is 5. The molecule has 7 aromatic carbocycles. The van der Waals surface area contributed by atoms with E-state index in [4.69, 9.17) is 18.8 Å². The molecule has 10 rings (SSSR count). The van der Waals surface area contributed by atoms with E-state index < -0.39 is 6.17 Å². The molecule has 5 nitrogen and oxygen atoms in total. The minimum atomic E-state index is -0.470. The molecule has 0 bridgehead atoms. The molecular formula is C43H27N3O2. The normalized spacial score (nSPS) is 14.9. The van der Waals surface area contributed by atoms with Crippen molar-refractivity contribution < 1.29 is 8.83 Å². The van der Waals surface area contributed by atoms with Gasteiger partial charge in [0.25, 0.3) is 0 Å². The number of amidine groups is 2. The Hall–Kier alpha value is -6.46. The summed E-state index contributed by atoms with van der Waals surface area (Å²) in [5, 5.41) is 10.3. The second kappa shape index (κ2) is 10.5. The lowest BCUT2D eigenvalue weighted by Crippen LogP contribution is -2.36. The lowest BCUT2D eigenvalue weighted by Gasteiger charge is -2.22. The Bertz CT molecular complexity index is 2770. The standard InChI is InChI=1S/C43H27N3O2/c1-2-10-27(11-3-1)41-44-42(31-20-21-33-32-13-6-7-15-36(32)47-38(33)25-31)46-43(45-41)35-14-8-16-37-40(35)34-22-19-30(24-39(34)48-37)29-18-17-26-9-4-5-12-28(26)23-29/h1-25,42H,(H,44,45,46). The van der Waals surface area contributed by atoms with E-state index in [2.05, 4.69) is 108 Å². The van der Waals surface area contributed by atoms with Gasteiger partial charge >= 0.3 is 0 Å². The third-order valence-corrected chi connectivity index (χ3v) is 9.32. The molecule has 1 N–H and O–H groups in total. The van der Waals surface area contributed by atoms with Crippen molar-refractivity contribution in [3.63, 3.8) is 0 Å². The number of rotatable bonds is 4. The molecule has 226 valence electrons. The van der Waals surface area contributed by atoms with Crippen molar-refractivity contribution in [3.8, 4) is 11.1 Å². The van der Waals surface area contributed by atoms with Crippen LogP contribution in [-0.4, -0.2) is 11.7 Å². The van der Waals surface area contributed by atoms with Gasteiger partial charge in [0.05, 0.1) is 0 Å². The first-order chi connectivity index (χ1) is 23.7. The topological polar surface area (TPSA) is 63.0 Å². The molecule has 1 aliphatic rings. The van der Waals surface area contributed by atoms with Gasteiger partial charge in [0.2, 0.25) is 0 Å². The predicted octanol–water partition coefficient (Wildman–Crippen LogP) is 10.8. The fraction of sp³-hybridized carbons (Fsp3) is 0.0233. The number of para-hydroxylation sites is 1. The third-order valence-electron chi connectivity index (χ3n) is 9.32. The van der Waals surface area contributed by atoms with Crippen LogP contribution in [0.15, 0.2) is 170 Å². The monoisotopic (exact) mass is 617 g/mol. The average Bonchev–Trinajstić information content (AvgIpc) is 3.72. The maximum absolute atomic E-state index is 6.51. The molecule has 0 aliphatic carbocycles. The Balaban J connectivity index is 1.11. The van der Waals surface area contributed by atoms with E-state index in [1.165, 1.54) is 10.8 Å². The fourth-order valence-corrected chi connectivity index (χ4v) is 6.95. The molecule has 2 aromatic heterocycles. The molecule has 0 radical (unpaired) electrons. The Kier molecular flexibility index (Phi) is 5.87. The molecular weight excluding hydrogens is 590 g/mol.